The fourth-order valence-electron chi connectivity index (χ4n) is 3.24. The number of nitrogens with zero attached hydrogens (tertiary/aromatic N) is 2. The van der Waals surface area contributed by atoms with Gasteiger partial charge in [-0.05, 0) is 12.8 Å². The summed E-state index contributed by atoms with van der Waals surface area (Å²) in [6.45, 7) is 1.34. The van der Waals surface area contributed by atoms with E-state index in [0.29, 0.717) is 31.0 Å². The molecular weight excluding hydrogens is 330 g/mol. The number of carbonyl (C=O) groups excluding carboxylic acids is 2. The van der Waals surface area contributed by atoms with Crippen LogP contribution in [0.2, 0.25) is 0 Å². The van der Waals surface area contributed by atoms with Crippen LogP contribution in [0, 0.1) is 0 Å². The Hall–Kier alpha value is -1.47. The Labute approximate surface area is 133 Å². The van der Waals surface area contributed by atoms with Crippen LogP contribution in [0.15, 0.2) is 0 Å². The van der Waals surface area contributed by atoms with Gasteiger partial charge in [0.05, 0.1) is 12.1 Å². The number of carbonyl (C=O) groups is 2. The Balaban J connectivity index is 1.67. The fourth-order valence-corrected chi connectivity index (χ4v) is 3.63. The molecule has 0 aliphatic carbocycles. The molecule has 3 amide bonds. The molecular formula is C11H19N5O6S. The summed E-state index contributed by atoms with van der Waals surface area (Å²) in [5.41, 5.74) is 5.87. The van der Waals surface area contributed by atoms with Crippen molar-refractivity contribution in [2.75, 3.05) is 19.6 Å². The van der Waals surface area contributed by atoms with Gasteiger partial charge < -0.3 is 21.3 Å². The van der Waals surface area contributed by atoms with E-state index in [4.69, 9.17) is 10.3 Å². The molecule has 3 fully saturated rings. The van der Waals surface area contributed by atoms with Crippen LogP contribution < -0.4 is 16.4 Å². The topological polar surface area (TPSA) is 154 Å². The Kier molecular flexibility index (Phi) is 4.18. The van der Waals surface area contributed by atoms with Crippen LogP contribution in [0.4, 0.5) is 4.79 Å². The van der Waals surface area contributed by atoms with Gasteiger partial charge in [-0.1, -0.05) is 0 Å². The van der Waals surface area contributed by atoms with Gasteiger partial charge >= 0.3 is 16.4 Å². The first kappa shape index (κ1) is 16.4. The number of nitrogens with two attached hydrogens (primary N) is 1. The summed E-state index contributed by atoms with van der Waals surface area (Å²) < 4.78 is 34.7. The highest BCUT2D eigenvalue weighted by molar-refractivity contribution is 7.80. The van der Waals surface area contributed by atoms with E-state index in [0.717, 1.165) is 0 Å². The standard InChI is InChI=1S/C11H19N5O6S/c12-7-3-13-4-8(7)14-10(17)9-2-1-6-5-15(9)11(18)16(6)22-23(19,20)21/h6-9,13H,1-5,12H2,(H,14,17)(H,19,20,21)/t6-,7+,8-,9-/m1/s1. The van der Waals surface area contributed by atoms with E-state index < -0.39 is 28.5 Å². The summed E-state index contributed by atoms with van der Waals surface area (Å²) in [4.78, 5) is 25.9. The van der Waals surface area contributed by atoms with Gasteiger partial charge in [-0.15, -0.1) is 4.28 Å². The molecule has 0 unspecified atom stereocenters. The summed E-state index contributed by atoms with van der Waals surface area (Å²) in [7, 11) is -4.79. The number of piperidine rings is 1. The minimum Gasteiger partial charge on any atom is -0.349 e. The molecule has 11 nitrogen and oxygen atoms in total. The number of rotatable bonds is 4. The average Bonchev–Trinajstić information content (AvgIpc) is 2.96. The molecule has 3 saturated heterocycles. The maximum absolute atomic E-state index is 12.4. The van der Waals surface area contributed by atoms with Crippen molar-refractivity contribution in [1.29, 1.82) is 0 Å². The van der Waals surface area contributed by atoms with Gasteiger partial charge in [-0.2, -0.15) is 13.5 Å². The molecule has 0 radical (unpaired) electrons. The summed E-state index contributed by atoms with van der Waals surface area (Å²) >= 11 is 0. The molecule has 3 aliphatic rings. The van der Waals surface area contributed by atoms with Gasteiger partial charge in [-0.25, -0.2) is 4.79 Å². The first-order valence-corrected chi connectivity index (χ1v) is 8.66. The van der Waals surface area contributed by atoms with Crippen LogP contribution in [0.3, 0.4) is 0 Å². The van der Waals surface area contributed by atoms with Gasteiger partial charge in [0.25, 0.3) is 0 Å². The fraction of sp³-hybridized carbons (Fsp3) is 0.818. The monoisotopic (exact) mass is 349 g/mol. The summed E-state index contributed by atoms with van der Waals surface area (Å²) in [6, 6.07) is -2.36. The number of urea groups is 1. The van der Waals surface area contributed by atoms with Crippen LogP contribution in [-0.2, 0) is 19.5 Å². The van der Waals surface area contributed by atoms with Crippen molar-refractivity contribution in [2.24, 2.45) is 5.73 Å². The second-order valence-electron chi connectivity index (χ2n) is 5.95. The lowest BCUT2D eigenvalue weighted by Gasteiger charge is -2.30. The zero-order valence-electron chi connectivity index (χ0n) is 12.2. The second kappa shape index (κ2) is 5.87. The SMILES string of the molecule is N[C@H]1CNC[C@H]1NC(=O)[C@H]1CC[C@@H]2CN1C(=O)N2OS(=O)(=O)O. The molecule has 0 aromatic rings. The molecule has 3 aliphatic heterocycles. The smallest absolute Gasteiger partial charge is 0.349 e. The van der Waals surface area contributed by atoms with E-state index in [2.05, 4.69) is 14.9 Å². The third-order valence-corrected chi connectivity index (χ3v) is 4.74. The van der Waals surface area contributed by atoms with Crippen molar-refractivity contribution < 1.29 is 26.8 Å². The first-order chi connectivity index (χ1) is 10.8. The molecule has 12 heteroatoms. The van der Waals surface area contributed by atoms with Gasteiger partial charge in [0, 0.05) is 25.7 Å². The van der Waals surface area contributed by atoms with Crippen molar-refractivity contribution >= 4 is 22.3 Å². The number of hydrogen-bond donors (Lipinski definition) is 4. The molecule has 0 saturated carbocycles. The lowest BCUT2D eigenvalue weighted by molar-refractivity contribution is -0.126. The predicted octanol–water partition coefficient (Wildman–Crippen LogP) is -2.60. The molecule has 0 aromatic carbocycles. The Morgan fingerprint density at radius 3 is 2.74 bits per heavy atom. The van der Waals surface area contributed by atoms with Crippen molar-refractivity contribution in [3.05, 3.63) is 0 Å². The maximum Gasteiger partial charge on any atom is 0.418 e. The third-order valence-electron chi connectivity index (χ3n) is 4.39. The van der Waals surface area contributed by atoms with Crippen molar-refractivity contribution in [2.45, 2.75) is 37.0 Å². The highest BCUT2D eigenvalue weighted by atomic mass is 32.3. The number of amides is 3. The molecule has 5 N–H and O–H groups in total. The van der Waals surface area contributed by atoms with E-state index in [-0.39, 0.29) is 24.5 Å². The largest absolute Gasteiger partial charge is 0.418 e. The molecule has 0 aromatic heterocycles. The van der Waals surface area contributed by atoms with Crippen molar-refractivity contribution in [1.82, 2.24) is 20.6 Å². The minimum atomic E-state index is -4.79. The molecule has 130 valence electrons. The summed E-state index contributed by atoms with van der Waals surface area (Å²) in [6.07, 6.45) is 0.772. The first-order valence-electron chi connectivity index (χ1n) is 7.30. The lowest BCUT2D eigenvalue weighted by atomic mass is 10.00. The van der Waals surface area contributed by atoms with Gasteiger partial charge in [-0.3, -0.25) is 9.35 Å². The Morgan fingerprint density at radius 2 is 2.13 bits per heavy atom. The van der Waals surface area contributed by atoms with Gasteiger partial charge in [0.2, 0.25) is 5.91 Å². The van der Waals surface area contributed by atoms with Crippen LogP contribution in [0.1, 0.15) is 12.8 Å². The predicted molar refractivity (Wildman–Crippen MR) is 76.2 cm³/mol. The number of nitrogens with one attached hydrogen (secondary N) is 2. The van der Waals surface area contributed by atoms with E-state index >= 15 is 0 Å². The van der Waals surface area contributed by atoms with Crippen LogP contribution in [0.5, 0.6) is 0 Å². The summed E-state index contributed by atoms with van der Waals surface area (Å²) in [5.74, 6) is -0.324. The van der Waals surface area contributed by atoms with Crippen LogP contribution in [-0.4, -0.2) is 78.7 Å². The third kappa shape index (κ3) is 3.26. The van der Waals surface area contributed by atoms with E-state index in [1.54, 1.807) is 0 Å². The molecule has 23 heavy (non-hydrogen) atoms. The van der Waals surface area contributed by atoms with Crippen LogP contribution in [0.25, 0.3) is 0 Å². The highest BCUT2D eigenvalue weighted by Crippen LogP contribution is 2.30. The Morgan fingerprint density at radius 1 is 1.39 bits per heavy atom. The minimum absolute atomic E-state index is 0.168. The normalized spacial score (nSPS) is 34.1. The number of fused-ring (bicyclic) bond motifs is 2. The average molecular weight is 349 g/mol. The molecule has 3 rings (SSSR count). The zero-order valence-corrected chi connectivity index (χ0v) is 13.0. The van der Waals surface area contributed by atoms with E-state index in [1.807, 2.05) is 0 Å². The van der Waals surface area contributed by atoms with Crippen LogP contribution >= 0.6 is 0 Å². The Bertz CT molecular complexity index is 612. The van der Waals surface area contributed by atoms with Crippen molar-refractivity contribution in [3.63, 3.8) is 0 Å². The second-order valence-corrected chi connectivity index (χ2v) is 6.95. The van der Waals surface area contributed by atoms with Crippen molar-refractivity contribution in [3.8, 4) is 0 Å². The molecule has 2 bridgehead atoms. The lowest BCUT2D eigenvalue weighted by Crippen LogP contribution is -2.55. The molecule has 3 heterocycles. The van der Waals surface area contributed by atoms with Gasteiger partial charge in [0.15, 0.2) is 0 Å². The van der Waals surface area contributed by atoms with Gasteiger partial charge in [0.1, 0.15) is 6.04 Å². The quantitative estimate of drug-likeness (QED) is 0.403. The summed E-state index contributed by atoms with van der Waals surface area (Å²) in [5, 5.41) is 6.50. The number of hydroxylamine groups is 2. The van der Waals surface area contributed by atoms with E-state index in [9.17, 15) is 18.0 Å². The maximum atomic E-state index is 12.4. The number of hydrogen-bond acceptors (Lipinski definition) is 7. The molecule has 0 spiro atoms. The zero-order chi connectivity index (χ0) is 16.8. The highest BCUT2D eigenvalue weighted by Gasteiger charge is 2.49. The van der Waals surface area contributed by atoms with E-state index in [1.165, 1.54) is 4.90 Å². The molecule has 4 atom stereocenters.